The van der Waals surface area contributed by atoms with Gasteiger partial charge in [-0.2, -0.15) is 0 Å². The third kappa shape index (κ3) is 6.03. The molecular weight excluding hydrogens is 336 g/mol. The maximum atomic E-state index is 12.9. The second kappa shape index (κ2) is 10.4. The molecule has 25 heavy (non-hydrogen) atoms. The minimum atomic E-state index is -0.391. The number of carbonyl (C=O) groups excluding carboxylic acids is 2. The summed E-state index contributed by atoms with van der Waals surface area (Å²) in [5.41, 5.74) is 0.892. The summed E-state index contributed by atoms with van der Waals surface area (Å²) in [6.07, 6.45) is 7.34. The van der Waals surface area contributed by atoms with Crippen molar-refractivity contribution < 1.29 is 9.59 Å². The highest BCUT2D eigenvalue weighted by Gasteiger charge is 2.30. The fraction of sp³-hybridized carbons (Fsp3) is 0.600. The van der Waals surface area contributed by atoms with Crippen LogP contribution >= 0.6 is 11.6 Å². The standard InChI is InChI=1S/C20H29ClN2O2/c1-2-3-4-5-13-19(24)23(15-16-10-6-7-11-17(16)21)18-12-8-9-14-22-20(18)25/h6-7,10-11,18H,2-5,8-9,12-15H2,1H3,(H,22,25). The molecular formula is C20H29ClN2O2. The largest absolute Gasteiger partial charge is 0.354 e. The molecule has 1 N–H and O–H groups in total. The number of rotatable bonds is 8. The lowest BCUT2D eigenvalue weighted by atomic mass is 10.1. The highest BCUT2D eigenvalue weighted by molar-refractivity contribution is 6.31. The molecule has 0 aromatic heterocycles. The number of unbranched alkanes of at least 4 members (excludes halogenated alkanes) is 3. The molecule has 0 aliphatic carbocycles. The van der Waals surface area contributed by atoms with Crippen molar-refractivity contribution in [2.75, 3.05) is 6.54 Å². The lowest BCUT2D eigenvalue weighted by Gasteiger charge is -2.30. The lowest BCUT2D eigenvalue weighted by molar-refractivity contribution is -0.141. The monoisotopic (exact) mass is 364 g/mol. The summed E-state index contributed by atoms with van der Waals surface area (Å²) >= 11 is 6.29. The van der Waals surface area contributed by atoms with E-state index in [0.29, 0.717) is 24.5 Å². The van der Waals surface area contributed by atoms with Crippen LogP contribution in [0.2, 0.25) is 5.02 Å². The molecule has 1 heterocycles. The SMILES string of the molecule is CCCCCCC(=O)N(Cc1ccccc1Cl)C1CCCCNC1=O. The van der Waals surface area contributed by atoms with Gasteiger partial charge in [-0.25, -0.2) is 0 Å². The lowest BCUT2D eigenvalue weighted by Crippen LogP contribution is -2.48. The number of benzene rings is 1. The second-order valence-electron chi connectivity index (χ2n) is 6.73. The van der Waals surface area contributed by atoms with Gasteiger partial charge in [0.05, 0.1) is 0 Å². The number of hydrogen-bond donors (Lipinski definition) is 1. The van der Waals surface area contributed by atoms with E-state index in [1.165, 1.54) is 0 Å². The molecule has 1 aromatic carbocycles. The van der Waals surface area contributed by atoms with Crippen molar-refractivity contribution >= 4 is 23.4 Å². The van der Waals surface area contributed by atoms with E-state index in [0.717, 1.165) is 50.5 Å². The zero-order valence-corrected chi connectivity index (χ0v) is 15.9. The number of nitrogens with zero attached hydrogens (tertiary/aromatic N) is 1. The molecule has 2 rings (SSSR count). The van der Waals surface area contributed by atoms with Crippen molar-refractivity contribution in [1.82, 2.24) is 10.2 Å². The number of amides is 2. The summed E-state index contributed by atoms with van der Waals surface area (Å²) < 4.78 is 0. The van der Waals surface area contributed by atoms with E-state index < -0.39 is 6.04 Å². The van der Waals surface area contributed by atoms with Gasteiger partial charge in [0.15, 0.2) is 0 Å². The Balaban J connectivity index is 2.13. The molecule has 2 amide bonds. The van der Waals surface area contributed by atoms with Gasteiger partial charge in [-0.3, -0.25) is 9.59 Å². The molecule has 1 unspecified atom stereocenters. The van der Waals surface area contributed by atoms with Crippen molar-refractivity contribution in [2.24, 2.45) is 0 Å². The highest BCUT2D eigenvalue weighted by Crippen LogP contribution is 2.22. The molecule has 5 heteroatoms. The molecule has 1 saturated heterocycles. The van der Waals surface area contributed by atoms with Gasteiger partial charge in [-0.15, -0.1) is 0 Å². The molecule has 138 valence electrons. The van der Waals surface area contributed by atoms with Crippen LogP contribution in [-0.2, 0) is 16.1 Å². The molecule has 0 saturated carbocycles. The van der Waals surface area contributed by atoms with Crippen LogP contribution in [-0.4, -0.2) is 29.3 Å². The van der Waals surface area contributed by atoms with Crippen molar-refractivity contribution in [3.05, 3.63) is 34.9 Å². The molecule has 1 aliphatic heterocycles. The van der Waals surface area contributed by atoms with Crippen molar-refractivity contribution in [3.63, 3.8) is 0 Å². The third-order valence-electron chi connectivity index (χ3n) is 4.75. The summed E-state index contributed by atoms with van der Waals surface area (Å²) in [5, 5.41) is 3.58. The Morgan fingerprint density at radius 2 is 2.04 bits per heavy atom. The first kappa shape index (κ1) is 19.8. The summed E-state index contributed by atoms with van der Waals surface area (Å²) in [5.74, 6) is 0.0181. The molecule has 0 spiro atoms. The predicted molar refractivity (Wildman–Crippen MR) is 101 cm³/mol. The Morgan fingerprint density at radius 1 is 1.24 bits per heavy atom. The first-order valence-corrected chi connectivity index (χ1v) is 9.82. The Labute approximate surface area is 155 Å². The first-order valence-electron chi connectivity index (χ1n) is 9.44. The number of halogens is 1. The van der Waals surface area contributed by atoms with Gasteiger partial charge in [0, 0.05) is 24.5 Å². The van der Waals surface area contributed by atoms with Gasteiger partial charge < -0.3 is 10.2 Å². The van der Waals surface area contributed by atoms with E-state index in [9.17, 15) is 9.59 Å². The smallest absolute Gasteiger partial charge is 0.242 e. The van der Waals surface area contributed by atoms with E-state index >= 15 is 0 Å². The Morgan fingerprint density at radius 3 is 2.80 bits per heavy atom. The van der Waals surface area contributed by atoms with E-state index in [1.807, 2.05) is 24.3 Å². The van der Waals surface area contributed by atoms with Crippen molar-refractivity contribution in [2.45, 2.75) is 70.9 Å². The molecule has 1 fully saturated rings. The zero-order chi connectivity index (χ0) is 18.1. The van der Waals surface area contributed by atoms with Gasteiger partial charge in [0.25, 0.3) is 0 Å². The van der Waals surface area contributed by atoms with E-state index in [4.69, 9.17) is 11.6 Å². The average molecular weight is 365 g/mol. The van der Waals surface area contributed by atoms with E-state index in [-0.39, 0.29) is 11.8 Å². The topological polar surface area (TPSA) is 49.4 Å². The van der Waals surface area contributed by atoms with Crippen molar-refractivity contribution in [1.29, 1.82) is 0 Å². The van der Waals surface area contributed by atoms with E-state index in [2.05, 4.69) is 12.2 Å². The normalized spacial score (nSPS) is 17.7. The van der Waals surface area contributed by atoms with Crippen LogP contribution in [0, 0.1) is 0 Å². The number of nitrogens with one attached hydrogen (secondary N) is 1. The minimum absolute atomic E-state index is 0.0357. The van der Waals surface area contributed by atoms with Crippen LogP contribution in [0.4, 0.5) is 0 Å². The summed E-state index contributed by atoms with van der Waals surface area (Å²) in [4.78, 5) is 27.1. The number of carbonyl (C=O) groups is 2. The zero-order valence-electron chi connectivity index (χ0n) is 15.1. The molecule has 1 atom stereocenters. The Bertz CT molecular complexity index is 577. The maximum Gasteiger partial charge on any atom is 0.242 e. The van der Waals surface area contributed by atoms with Crippen LogP contribution in [0.5, 0.6) is 0 Å². The van der Waals surface area contributed by atoms with Crippen LogP contribution in [0.25, 0.3) is 0 Å². The molecule has 4 nitrogen and oxygen atoms in total. The summed E-state index contributed by atoms with van der Waals surface area (Å²) in [6, 6.07) is 7.15. The fourth-order valence-corrected chi connectivity index (χ4v) is 3.44. The summed E-state index contributed by atoms with van der Waals surface area (Å²) in [6.45, 7) is 3.24. The highest BCUT2D eigenvalue weighted by atomic mass is 35.5. The van der Waals surface area contributed by atoms with Crippen molar-refractivity contribution in [3.8, 4) is 0 Å². The third-order valence-corrected chi connectivity index (χ3v) is 5.11. The van der Waals surface area contributed by atoms with Crippen LogP contribution < -0.4 is 5.32 Å². The van der Waals surface area contributed by atoms with Crippen LogP contribution in [0.3, 0.4) is 0 Å². The Hall–Kier alpha value is -1.55. The molecule has 0 radical (unpaired) electrons. The van der Waals surface area contributed by atoms with Gasteiger partial charge in [0.1, 0.15) is 6.04 Å². The van der Waals surface area contributed by atoms with Crippen LogP contribution in [0.1, 0.15) is 63.9 Å². The fourth-order valence-electron chi connectivity index (χ4n) is 3.25. The van der Waals surface area contributed by atoms with Gasteiger partial charge in [-0.05, 0) is 37.3 Å². The van der Waals surface area contributed by atoms with E-state index in [1.54, 1.807) is 4.90 Å². The second-order valence-corrected chi connectivity index (χ2v) is 7.13. The molecule has 0 bridgehead atoms. The first-order chi connectivity index (χ1) is 12.1. The predicted octanol–water partition coefficient (Wildman–Crippen LogP) is 4.31. The quantitative estimate of drug-likeness (QED) is 0.699. The average Bonchev–Trinajstić information content (AvgIpc) is 2.82. The minimum Gasteiger partial charge on any atom is -0.354 e. The van der Waals surface area contributed by atoms with Gasteiger partial charge in [-0.1, -0.05) is 56.0 Å². The molecule has 1 aromatic rings. The Kier molecular flexibility index (Phi) is 8.26. The van der Waals surface area contributed by atoms with Gasteiger partial charge >= 0.3 is 0 Å². The number of hydrogen-bond acceptors (Lipinski definition) is 2. The molecule has 1 aliphatic rings. The maximum absolute atomic E-state index is 12.9. The van der Waals surface area contributed by atoms with Crippen LogP contribution in [0.15, 0.2) is 24.3 Å². The summed E-state index contributed by atoms with van der Waals surface area (Å²) in [7, 11) is 0. The van der Waals surface area contributed by atoms with Gasteiger partial charge in [0.2, 0.25) is 11.8 Å².